The van der Waals surface area contributed by atoms with Crippen molar-refractivity contribution in [1.82, 2.24) is 5.32 Å². The van der Waals surface area contributed by atoms with Crippen molar-refractivity contribution in [3.63, 3.8) is 0 Å². The first-order valence-electron chi connectivity index (χ1n) is 8.53. The van der Waals surface area contributed by atoms with Crippen LogP contribution in [0.1, 0.15) is 22.8 Å². The molecule has 7 nitrogen and oxygen atoms in total. The summed E-state index contributed by atoms with van der Waals surface area (Å²) in [6, 6.07) is 9.65. The van der Waals surface area contributed by atoms with Gasteiger partial charge in [0, 0.05) is 0 Å². The predicted molar refractivity (Wildman–Crippen MR) is 112 cm³/mol. The van der Waals surface area contributed by atoms with E-state index in [-0.39, 0.29) is 27.6 Å². The fourth-order valence-corrected chi connectivity index (χ4v) is 3.46. The van der Waals surface area contributed by atoms with Gasteiger partial charge in [0.1, 0.15) is 5.75 Å². The number of esters is 1. The SMILES string of the molecule is CCOc1cc(C=C2SC(=N)NC2=O)cc(Cl)c1OC(=O)c1ccc(OC)cc1. The fourth-order valence-electron chi connectivity index (χ4n) is 2.50. The van der Waals surface area contributed by atoms with E-state index in [1.54, 1.807) is 49.4 Å². The molecule has 0 spiro atoms. The second-order valence-electron chi connectivity index (χ2n) is 5.77. The number of ether oxygens (including phenoxy) is 3. The van der Waals surface area contributed by atoms with E-state index in [0.717, 1.165) is 11.8 Å². The summed E-state index contributed by atoms with van der Waals surface area (Å²) >= 11 is 7.36. The van der Waals surface area contributed by atoms with E-state index < -0.39 is 5.97 Å². The largest absolute Gasteiger partial charge is 0.497 e. The summed E-state index contributed by atoms with van der Waals surface area (Å²) in [5.41, 5.74) is 0.906. The van der Waals surface area contributed by atoms with Crippen molar-refractivity contribution in [1.29, 1.82) is 5.41 Å². The second kappa shape index (κ2) is 9.02. The highest BCUT2D eigenvalue weighted by atomic mass is 35.5. The van der Waals surface area contributed by atoms with Crippen LogP contribution in [-0.4, -0.2) is 30.8 Å². The quantitative estimate of drug-likeness (QED) is 0.405. The third-order valence-electron chi connectivity index (χ3n) is 3.81. The summed E-state index contributed by atoms with van der Waals surface area (Å²) in [5, 5.41) is 10.1. The molecule has 1 aliphatic heterocycles. The Labute approximate surface area is 176 Å². The number of rotatable bonds is 6. The van der Waals surface area contributed by atoms with Crippen LogP contribution in [0.25, 0.3) is 6.08 Å². The molecule has 1 fully saturated rings. The molecular weight excluding hydrogens is 416 g/mol. The molecule has 0 saturated carbocycles. The third kappa shape index (κ3) is 4.90. The van der Waals surface area contributed by atoms with Crippen LogP contribution in [0.2, 0.25) is 5.02 Å². The second-order valence-corrected chi connectivity index (χ2v) is 7.23. The minimum Gasteiger partial charge on any atom is -0.497 e. The first kappa shape index (κ1) is 20.8. The zero-order chi connectivity index (χ0) is 21.0. The van der Waals surface area contributed by atoms with Gasteiger partial charge < -0.3 is 19.5 Å². The molecule has 150 valence electrons. The number of hydrogen-bond donors (Lipinski definition) is 2. The van der Waals surface area contributed by atoms with Crippen LogP contribution in [0.5, 0.6) is 17.2 Å². The highest BCUT2D eigenvalue weighted by molar-refractivity contribution is 8.18. The van der Waals surface area contributed by atoms with E-state index in [9.17, 15) is 9.59 Å². The first-order chi connectivity index (χ1) is 13.9. The molecule has 29 heavy (non-hydrogen) atoms. The van der Waals surface area contributed by atoms with Gasteiger partial charge in [0.2, 0.25) is 0 Å². The monoisotopic (exact) mass is 432 g/mol. The average molecular weight is 433 g/mol. The Hall–Kier alpha value is -2.97. The van der Waals surface area contributed by atoms with Crippen LogP contribution in [-0.2, 0) is 4.79 Å². The van der Waals surface area contributed by atoms with Gasteiger partial charge in [-0.3, -0.25) is 10.2 Å². The molecule has 0 radical (unpaired) electrons. The standard InChI is InChI=1S/C20H17ClN2O5S/c1-3-27-15-9-11(10-16-18(24)23-20(22)29-16)8-14(21)17(15)28-19(25)12-4-6-13(26-2)7-5-12/h4-10H,3H2,1-2H3,(H2,22,23,24). The number of carbonyl (C=O) groups is 2. The lowest BCUT2D eigenvalue weighted by Gasteiger charge is -2.13. The van der Waals surface area contributed by atoms with Gasteiger partial charge in [0.25, 0.3) is 5.91 Å². The van der Waals surface area contributed by atoms with Gasteiger partial charge in [0.05, 0.1) is 29.2 Å². The van der Waals surface area contributed by atoms with Gasteiger partial charge in [-0.25, -0.2) is 4.79 Å². The Morgan fingerprint density at radius 1 is 1.28 bits per heavy atom. The predicted octanol–water partition coefficient (Wildman–Crippen LogP) is 4.11. The van der Waals surface area contributed by atoms with Crippen molar-refractivity contribution >= 4 is 46.5 Å². The molecule has 1 aliphatic rings. The topological polar surface area (TPSA) is 97.7 Å². The summed E-state index contributed by atoms with van der Waals surface area (Å²) in [6.07, 6.45) is 1.59. The number of nitrogens with one attached hydrogen (secondary N) is 2. The van der Waals surface area contributed by atoms with Crippen molar-refractivity contribution in [2.75, 3.05) is 13.7 Å². The highest BCUT2D eigenvalue weighted by Crippen LogP contribution is 2.38. The molecule has 0 aromatic heterocycles. The Morgan fingerprint density at radius 2 is 2.00 bits per heavy atom. The lowest BCUT2D eigenvalue weighted by atomic mass is 10.1. The van der Waals surface area contributed by atoms with Gasteiger partial charge in [-0.1, -0.05) is 11.6 Å². The summed E-state index contributed by atoms with van der Waals surface area (Å²) in [6.45, 7) is 2.11. The Kier molecular flexibility index (Phi) is 6.46. The van der Waals surface area contributed by atoms with Crippen molar-refractivity contribution < 1.29 is 23.8 Å². The molecule has 1 amide bonds. The molecule has 1 saturated heterocycles. The summed E-state index contributed by atoms with van der Waals surface area (Å²) in [4.78, 5) is 24.7. The molecule has 0 atom stereocenters. The Balaban J connectivity index is 1.90. The van der Waals surface area contributed by atoms with Crippen LogP contribution in [0.3, 0.4) is 0 Å². The van der Waals surface area contributed by atoms with Crippen LogP contribution in [0.4, 0.5) is 0 Å². The van der Waals surface area contributed by atoms with Gasteiger partial charge in [-0.2, -0.15) is 0 Å². The number of benzene rings is 2. The number of hydrogen-bond acceptors (Lipinski definition) is 7. The number of carbonyl (C=O) groups excluding carboxylic acids is 2. The molecule has 9 heteroatoms. The summed E-state index contributed by atoms with van der Waals surface area (Å²) < 4.78 is 16.1. The zero-order valence-corrected chi connectivity index (χ0v) is 17.1. The maximum absolute atomic E-state index is 12.5. The van der Waals surface area contributed by atoms with Gasteiger partial charge in [0.15, 0.2) is 16.7 Å². The number of thioether (sulfide) groups is 1. The number of amides is 1. The number of amidine groups is 1. The van der Waals surface area contributed by atoms with Crippen molar-refractivity contribution in [3.8, 4) is 17.2 Å². The van der Waals surface area contributed by atoms with Crippen LogP contribution in [0.15, 0.2) is 41.3 Å². The van der Waals surface area contributed by atoms with E-state index in [4.69, 9.17) is 31.2 Å². The Morgan fingerprint density at radius 3 is 2.59 bits per heavy atom. The van der Waals surface area contributed by atoms with Gasteiger partial charge in [-0.15, -0.1) is 0 Å². The lowest BCUT2D eigenvalue weighted by Crippen LogP contribution is -2.18. The number of halogens is 1. The van der Waals surface area contributed by atoms with E-state index in [0.29, 0.717) is 28.4 Å². The molecule has 2 N–H and O–H groups in total. The third-order valence-corrected chi connectivity index (χ3v) is 4.92. The van der Waals surface area contributed by atoms with Crippen LogP contribution < -0.4 is 19.5 Å². The lowest BCUT2D eigenvalue weighted by molar-refractivity contribution is -0.115. The van der Waals surface area contributed by atoms with Crippen molar-refractivity contribution in [2.24, 2.45) is 0 Å². The molecule has 2 aromatic rings. The molecule has 0 bridgehead atoms. The summed E-state index contributed by atoms with van der Waals surface area (Å²) in [5.74, 6) is 0.0266. The Bertz CT molecular complexity index is 1000. The fraction of sp³-hybridized carbons (Fsp3) is 0.150. The molecule has 2 aromatic carbocycles. The normalized spacial score (nSPS) is 14.7. The maximum atomic E-state index is 12.5. The molecular formula is C20H17ClN2O5S. The average Bonchev–Trinajstić information content (AvgIpc) is 3.01. The van der Waals surface area contributed by atoms with Gasteiger partial charge >= 0.3 is 5.97 Å². The van der Waals surface area contributed by atoms with Crippen LogP contribution in [0, 0.1) is 5.41 Å². The van der Waals surface area contributed by atoms with Gasteiger partial charge in [-0.05, 0) is 66.7 Å². The van der Waals surface area contributed by atoms with E-state index in [1.807, 2.05) is 0 Å². The minimum absolute atomic E-state index is 0.0578. The molecule has 1 heterocycles. The van der Waals surface area contributed by atoms with E-state index >= 15 is 0 Å². The van der Waals surface area contributed by atoms with E-state index in [1.165, 1.54) is 7.11 Å². The van der Waals surface area contributed by atoms with E-state index in [2.05, 4.69) is 5.32 Å². The molecule has 0 aliphatic carbocycles. The van der Waals surface area contributed by atoms with Crippen molar-refractivity contribution in [3.05, 3.63) is 57.5 Å². The molecule has 0 unspecified atom stereocenters. The zero-order valence-electron chi connectivity index (χ0n) is 15.6. The van der Waals surface area contributed by atoms with Crippen LogP contribution >= 0.6 is 23.4 Å². The molecule has 3 rings (SSSR count). The first-order valence-corrected chi connectivity index (χ1v) is 9.72. The highest BCUT2D eigenvalue weighted by Gasteiger charge is 2.23. The van der Waals surface area contributed by atoms with Crippen molar-refractivity contribution in [2.45, 2.75) is 6.92 Å². The summed E-state index contributed by atoms with van der Waals surface area (Å²) in [7, 11) is 1.54. The smallest absolute Gasteiger partial charge is 0.343 e. The maximum Gasteiger partial charge on any atom is 0.343 e. The minimum atomic E-state index is -0.596. The number of methoxy groups -OCH3 is 1.